The zero-order valence-electron chi connectivity index (χ0n) is 12.2. The van der Waals surface area contributed by atoms with Crippen LogP contribution in [0.25, 0.3) is 0 Å². The lowest BCUT2D eigenvalue weighted by atomic mass is 10.1. The molecule has 0 aromatic heterocycles. The first kappa shape index (κ1) is 15.2. The first-order valence-electron chi connectivity index (χ1n) is 6.82. The molecule has 3 amide bonds. The summed E-state index contributed by atoms with van der Waals surface area (Å²) < 4.78 is 0. The Hall–Kier alpha value is -2.21. The second-order valence-corrected chi connectivity index (χ2v) is 5.69. The van der Waals surface area contributed by atoms with E-state index in [9.17, 15) is 14.4 Å². The van der Waals surface area contributed by atoms with Crippen molar-refractivity contribution in [3.63, 3.8) is 0 Å². The number of carbonyl (C=O) groups is 3. The summed E-state index contributed by atoms with van der Waals surface area (Å²) >= 11 is 0. The number of nitrogens with zero attached hydrogens (tertiary/aromatic N) is 1. The average Bonchev–Trinajstić information content (AvgIpc) is 2.69. The fraction of sp³-hybridized carbons (Fsp3) is 0.400. The number of nitrogens with one attached hydrogen (secondary N) is 1. The number of carbonyl (C=O) groups excluding carboxylic acids is 3. The molecule has 0 radical (unpaired) electrons. The molecular weight excluding hydrogens is 270 g/mol. The number of hydrogen-bond acceptors (Lipinski definition) is 4. The minimum absolute atomic E-state index is 0.0644. The Labute approximate surface area is 123 Å². The SMILES string of the molecule is CC(C)(CN)NC(=O)CCN1C(=O)c2ccccc2C1=O. The van der Waals surface area contributed by atoms with Crippen LogP contribution in [0.3, 0.4) is 0 Å². The van der Waals surface area contributed by atoms with E-state index < -0.39 is 5.54 Å². The monoisotopic (exact) mass is 289 g/mol. The first-order valence-corrected chi connectivity index (χ1v) is 6.82. The molecule has 6 nitrogen and oxygen atoms in total. The standard InChI is InChI=1S/C15H19N3O3/c1-15(2,9-16)17-12(19)7-8-18-13(20)10-5-3-4-6-11(10)14(18)21/h3-6H,7-9,16H2,1-2H3,(H,17,19). The van der Waals surface area contributed by atoms with Gasteiger partial charge in [0.15, 0.2) is 0 Å². The third-order valence-corrected chi connectivity index (χ3v) is 3.43. The lowest BCUT2D eigenvalue weighted by Crippen LogP contribution is -2.49. The van der Waals surface area contributed by atoms with Gasteiger partial charge < -0.3 is 11.1 Å². The molecule has 0 saturated heterocycles. The van der Waals surface area contributed by atoms with Crippen molar-refractivity contribution in [2.45, 2.75) is 25.8 Å². The van der Waals surface area contributed by atoms with Crippen LogP contribution in [0, 0.1) is 0 Å². The van der Waals surface area contributed by atoms with Crippen molar-refractivity contribution in [3.8, 4) is 0 Å². The van der Waals surface area contributed by atoms with Crippen molar-refractivity contribution in [2.75, 3.05) is 13.1 Å². The zero-order valence-corrected chi connectivity index (χ0v) is 12.2. The van der Waals surface area contributed by atoms with Crippen LogP contribution in [-0.4, -0.2) is 41.2 Å². The van der Waals surface area contributed by atoms with Gasteiger partial charge in [-0.05, 0) is 26.0 Å². The Bertz CT molecular complexity index is 561. The summed E-state index contributed by atoms with van der Waals surface area (Å²) in [7, 11) is 0. The van der Waals surface area contributed by atoms with Crippen molar-refractivity contribution in [3.05, 3.63) is 35.4 Å². The molecule has 0 unspecified atom stereocenters. The maximum absolute atomic E-state index is 12.1. The molecule has 0 fully saturated rings. The van der Waals surface area contributed by atoms with Crippen molar-refractivity contribution in [2.24, 2.45) is 5.73 Å². The molecule has 21 heavy (non-hydrogen) atoms. The fourth-order valence-electron chi connectivity index (χ4n) is 2.15. The van der Waals surface area contributed by atoms with Gasteiger partial charge in [0.05, 0.1) is 11.1 Å². The van der Waals surface area contributed by atoms with Crippen LogP contribution in [0.4, 0.5) is 0 Å². The smallest absolute Gasteiger partial charge is 0.261 e. The summed E-state index contributed by atoms with van der Waals surface area (Å²) in [4.78, 5) is 37.2. The minimum Gasteiger partial charge on any atom is -0.350 e. The Morgan fingerprint density at radius 3 is 2.19 bits per heavy atom. The van der Waals surface area contributed by atoms with Crippen LogP contribution in [0.1, 0.15) is 41.0 Å². The third kappa shape index (κ3) is 3.11. The van der Waals surface area contributed by atoms with Crippen LogP contribution in [0.15, 0.2) is 24.3 Å². The number of amides is 3. The Morgan fingerprint density at radius 2 is 1.71 bits per heavy atom. The van der Waals surface area contributed by atoms with Gasteiger partial charge in [-0.2, -0.15) is 0 Å². The summed E-state index contributed by atoms with van der Waals surface area (Å²) in [6.07, 6.45) is 0.0644. The second kappa shape index (κ2) is 5.65. The van der Waals surface area contributed by atoms with Gasteiger partial charge in [-0.15, -0.1) is 0 Å². The topological polar surface area (TPSA) is 92.5 Å². The molecular formula is C15H19N3O3. The molecule has 0 bridgehead atoms. The van der Waals surface area contributed by atoms with Gasteiger partial charge in [-0.25, -0.2) is 0 Å². The van der Waals surface area contributed by atoms with Gasteiger partial charge >= 0.3 is 0 Å². The van der Waals surface area contributed by atoms with Crippen molar-refractivity contribution >= 4 is 17.7 Å². The van der Waals surface area contributed by atoms with Crippen LogP contribution in [-0.2, 0) is 4.79 Å². The van der Waals surface area contributed by atoms with Crippen LogP contribution in [0.2, 0.25) is 0 Å². The average molecular weight is 289 g/mol. The molecule has 1 aromatic carbocycles. The van der Waals surface area contributed by atoms with E-state index >= 15 is 0 Å². The number of nitrogens with two attached hydrogens (primary N) is 1. The number of benzene rings is 1. The molecule has 3 N–H and O–H groups in total. The number of fused-ring (bicyclic) bond motifs is 1. The van der Waals surface area contributed by atoms with Crippen LogP contribution in [0.5, 0.6) is 0 Å². The maximum atomic E-state index is 12.1. The molecule has 6 heteroatoms. The Kier molecular flexibility index (Phi) is 4.09. The van der Waals surface area contributed by atoms with Crippen molar-refractivity contribution < 1.29 is 14.4 Å². The Balaban J connectivity index is 1.98. The molecule has 1 aliphatic rings. The molecule has 1 aliphatic heterocycles. The third-order valence-electron chi connectivity index (χ3n) is 3.43. The van der Waals surface area contributed by atoms with Gasteiger partial charge in [0.25, 0.3) is 11.8 Å². The van der Waals surface area contributed by atoms with Crippen molar-refractivity contribution in [1.82, 2.24) is 10.2 Å². The fourth-order valence-corrected chi connectivity index (χ4v) is 2.15. The lowest BCUT2D eigenvalue weighted by Gasteiger charge is -2.24. The lowest BCUT2D eigenvalue weighted by molar-refractivity contribution is -0.122. The van der Waals surface area contributed by atoms with Gasteiger partial charge in [-0.1, -0.05) is 12.1 Å². The van der Waals surface area contributed by atoms with Gasteiger partial charge in [0.1, 0.15) is 0 Å². The van der Waals surface area contributed by atoms with E-state index in [-0.39, 0.29) is 30.7 Å². The molecule has 1 aromatic rings. The maximum Gasteiger partial charge on any atom is 0.261 e. The van der Waals surface area contributed by atoms with Crippen LogP contribution >= 0.6 is 0 Å². The summed E-state index contributed by atoms with van der Waals surface area (Å²) in [5, 5.41) is 2.77. The van der Waals surface area contributed by atoms with E-state index in [0.29, 0.717) is 17.7 Å². The van der Waals surface area contributed by atoms with E-state index in [1.165, 1.54) is 0 Å². The summed E-state index contributed by atoms with van der Waals surface area (Å²) in [6, 6.07) is 6.66. The minimum atomic E-state index is -0.501. The van der Waals surface area contributed by atoms with E-state index in [1.54, 1.807) is 24.3 Å². The highest BCUT2D eigenvalue weighted by atomic mass is 16.2. The molecule has 0 saturated carbocycles. The number of hydrogen-bond donors (Lipinski definition) is 2. The highest BCUT2D eigenvalue weighted by Crippen LogP contribution is 2.22. The Morgan fingerprint density at radius 1 is 1.19 bits per heavy atom. The van der Waals surface area contributed by atoms with Crippen LogP contribution < -0.4 is 11.1 Å². The van der Waals surface area contributed by atoms with E-state index in [4.69, 9.17) is 5.73 Å². The molecule has 112 valence electrons. The van der Waals surface area contributed by atoms with Crippen molar-refractivity contribution in [1.29, 1.82) is 0 Å². The number of rotatable bonds is 5. The molecule has 0 atom stereocenters. The zero-order chi connectivity index (χ0) is 15.6. The first-order chi connectivity index (χ1) is 9.85. The number of imide groups is 1. The quantitative estimate of drug-likeness (QED) is 0.773. The molecule has 0 spiro atoms. The van der Waals surface area contributed by atoms with Gasteiger partial charge in [0.2, 0.25) is 5.91 Å². The van der Waals surface area contributed by atoms with E-state index in [2.05, 4.69) is 5.32 Å². The predicted octanol–water partition coefficient (Wildman–Crippen LogP) is 0.526. The van der Waals surface area contributed by atoms with E-state index in [0.717, 1.165) is 4.90 Å². The molecule has 1 heterocycles. The molecule has 0 aliphatic carbocycles. The second-order valence-electron chi connectivity index (χ2n) is 5.69. The predicted molar refractivity (Wildman–Crippen MR) is 77.7 cm³/mol. The highest BCUT2D eigenvalue weighted by molar-refractivity contribution is 6.21. The summed E-state index contributed by atoms with van der Waals surface area (Å²) in [6.45, 7) is 4.00. The molecule has 2 rings (SSSR count). The van der Waals surface area contributed by atoms with Gasteiger partial charge in [0, 0.05) is 25.0 Å². The summed E-state index contributed by atoms with van der Waals surface area (Å²) in [5.41, 5.74) is 5.83. The van der Waals surface area contributed by atoms with E-state index in [1.807, 2.05) is 13.8 Å². The normalized spacial score (nSPS) is 14.3. The highest BCUT2D eigenvalue weighted by Gasteiger charge is 2.35. The largest absolute Gasteiger partial charge is 0.350 e. The summed E-state index contributed by atoms with van der Waals surface area (Å²) in [5.74, 6) is -0.926. The van der Waals surface area contributed by atoms with Gasteiger partial charge in [-0.3, -0.25) is 19.3 Å².